The maximum Gasteiger partial charge on any atom is 0.141 e. The van der Waals surface area contributed by atoms with Crippen LogP contribution in [0.3, 0.4) is 0 Å². The third-order valence-electron chi connectivity index (χ3n) is 3.09. The number of aromatic nitrogens is 1. The largest absolute Gasteiger partial charge is 0.488 e. The van der Waals surface area contributed by atoms with Crippen molar-refractivity contribution < 1.29 is 4.74 Å². The van der Waals surface area contributed by atoms with Crippen LogP contribution in [0.1, 0.15) is 25.5 Å². The van der Waals surface area contributed by atoms with E-state index in [0.717, 1.165) is 11.4 Å². The van der Waals surface area contributed by atoms with Crippen molar-refractivity contribution in [2.75, 3.05) is 6.54 Å². The molecular formula is C11H16N2O. The lowest BCUT2D eigenvalue weighted by atomic mass is 9.84. The highest BCUT2D eigenvalue weighted by Gasteiger charge is 2.32. The number of nitrogens with zero attached hydrogens (tertiary/aromatic N) is 1. The summed E-state index contributed by atoms with van der Waals surface area (Å²) in [4.78, 5) is 4.35. The summed E-state index contributed by atoms with van der Waals surface area (Å²) in [7, 11) is 0. The summed E-state index contributed by atoms with van der Waals surface area (Å²) >= 11 is 0. The Balaban J connectivity index is 2.42. The second-order valence-electron chi connectivity index (χ2n) is 3.91. The quantitative estimate of drug-likeness (QED) is 0.734. The number of nitrogens with two attached hydrogens (primary N) is 1. The van der Waals surface area contributed by atoms with E-state index in [1.165, 1.54) is 0 Å². The van der Waals surface area contributed by atoms with E-state index in [0.29, 0.717) is 18.4 Å². The van der Waals surface area contributed by atoms with Crippen molar-refractivity contribution in [1.82, 2.24) is 4.98 Å². The lowest BCUT2D eigenvalue weighted by molar-refractivity contribution is 0.116. The van der Waals surface area contributed by atoms with Crippen LogP contribution in [0, 0.1) is 5.92 Å². The molecule has 2 rings (SSSR count). The van der Waals surface area contributed by atoms with E-state index in [4.69, 9.17) is 10.5 Å². The molecule has 0 aromatic carbocycles. The first kappa shape index (κ1) is 9.46. The zero-order chi connectivity index (χ0) is 10.1. The predicted octanol–water partition coefficient (Wildman–Crippen LogP) is 1.54. The summed E-state index contributed by atoms with van der Waals surface area (Å²) in [6.07, 6.45) is 2.02. The number of hydrogen-bond donors (Lipinski definition) is 1. The van der Waals surface area contributed by atoms with Crippen molar-refractivity contribution in [3.8, 4) is 5.75 Å². The van der Waals surface area contributed by atoms with Crippen LogP contribution < -0.4 is 10.5 Å². The van der Waals surface area contributed by atoms with E-state index in [1.54, 1.807) is 6.20 Å². The van der Waals surface area contributed by atoms with Gasteiger partial charge in [-0.25, -0.2) is 0 Å². The van der Waals surface area contributed by atoms with Gasteiger partial charge in [-0.05, 0) is 19.1 Å². The van der Waals surface area contributed by atoms with Gasteiger partial charge >= 0.3 is 0 Å². The summed E-state index contributed by atoms with van der Waals surface area (Å²) in [6.45, 7) is 4.89. The van der Waals surface area contributed by atoms with Crippen molar-refractivity contribution >= 4 is 0 Å². The number of pyridine rings is 1. The monoisotopic (exact) mass is 192 g/mol. The molecule has 0 radical (unpaired) electrons. The van der Waals surface area contributed by atoms with Crippen LogP contribution in [0.4, 0.5) is 0 Å². The minimum absolute atomic E-state index is 0.222. The molecule has 0 saturated carbocycles. The van der Waals surface area contributed by atoms with Crippen molar-refractivity contribution in [3.05, 3.63) is 24.0 Å². The molecule has 3 nitrogen and oxygen atoms in total. The molecule has 1 aromatic rings. The maximum atomic E-state index is 5.78. The van der Waals surface area contributed by atoms with Gasteiger partial charge in [-0.15, -0.1) is 0 Å². The molecule has 0 saturated heterocycles. The topological polar surface area (TPSA) is 48.1 Å². The molecule has 2 heterocycles. The van der Waals surface area contributed by atoms with E-state index in [2.05, 4.69) is 18.8 Å². The van der Waals surface area contributed by atoms with Gasteiger partial charge in [-0.1, -0.05) is 6.92 Å². The van der Waals surface area contributed by atoms with Crippen LogP contribution in [0.25, 0.3) is 0 Å². The summed E-state index contributed by atoms with van der Waals surface area (Å²) < 4.78 is 5.76. The summed E-state index contributed by atoms with van der Waals surface area (Å²) in [5.74, 6) is 1.66. The van der Waals surface area contributed by atoms with Gasteiger partial charge in [0.05, 0.1) is 11.8 Å². The average molecular weight is 192 g/mol. The Bertz CT molecular complexity index is 327. The summed E-state index contributed by atoms with van der Waals surface area (Å²) in [5.41, 5.74) is 6.79. The third kappa shape index (κ3) is 1.38. The van der Waals surface area contributed by atoms with E-state index < -0.39 is 0 Å². The van der Waals surface area contributed by atoms with Crippen LogP contribution >= 0.6 is 0 Å². The fraction of sp³-hybridized carbons (Fsp3) is 0.545. The third-order valence-corrected chi connectivity index (χ3v) is 3.09. The number of rotatable bonds is 1. The molecule has 0 aliphatic carbocycles. The smallest absolute Gasteiger partial charge is 0.141 e. The molecule has 1 aliphatic heterocycles. The first-order valence-electron chi connectivity index (χ1n) is 5.05. The Kier molecular flexibility index (Phi) is 2.42. The van der Waals surface area contributed by atoms with Crippen molar-refractivity contribution in [1.29, 1.82) is 0 Å². The zero-order valence-corrected chi connectivity index (χ0v) is 8.60. The van der Waals surface area contributed by atoms with Gasteiger partial charge in [0, 0.05) is 24.6 Å². The molecule has 1 aliphatic rings. The van der Waals surface area contributed by atoms with Crippen LogP contribution in [0.15, 0.2) is 18.3 Å². The standard InChI is InChI=1S/C11H16N2O/c1-7-8(2)14-10-4-3-5-13-11(10)9(7)6-12/h3-5,7-9H,6,12H2,1-2H3/t7-,8+,9-/m0/s1. The zero-order valence-electron chi connectivity index (χ0n) is 8.60. The van der Waals surface area contributed by atoms with Gasteiger partial charge in [-0.3, -0.25) is 4.98 Å². The summed E-state index contributed by atoms with van der Waals surface area (Å²) in [5, 5.41) is 0. The molecule has 3 atom stereocenters. The van der Waals surface area contributed by atoms with E-state index in [1.807, 2.05) is 12.1 Å². The molecule has 0 fully saturated rings. The Hall–Kier alpha value is -1.09. The van der Waals surface area contributed by atoms with Crippen molar-refractivity contribution in [2.24, 2.45) is 11.7 Å². The van der Waals surface area contributed by atoms with Crippen LogP contribution in [0.2, 0.25) is 0 Å². The molecule has 76 valence electrons. The van der Waals surface area contributed by atoms with Crippen LogP contribution in [-0.4, -0.2) is 17.6 Å². The maximum absolute atomic E-state index is 5.78. The fourth-order valence-corrected chi connectivity index (χ4v) is 1.99. The number of hydrogen-bond acceptors (Lipinski definition) is 3. The molecule has 14 heavy (non-hydrogen) atoms. The van der Waals surface area contributed by atoms with Crippen LogP contribution in [0.5, 0.6) is 5.75 Å². The van der Waals surface area contributed by atoms with Gasteiger partial charge in [0.1, 0.15) is 5.75 Å². The molecule has 0 unspecified atom stereocenters. The molecular weight excluding hydrogens is 176 g/mol. The molecule has 0 spiro atoms. The highest BCUT2D eigenvalue weighted by molar-refractivity contribution is 5.33. The van der Waals surface area contributed by atoms with Crippen molar-refractivity contribution in [2.45, 2.75) is 25.9 Å². The van der Waals surface area contributed by atoms with E-state index in [9.17, 15) is 0 Å². The van der Waals surface area contributed by atoms with E-state index >= 15 is 0 Å². The second-order valence-corrected chi connectivity index (χ2v) is 3.91. The molecule has 1 aromatic heterocycles. The summed E-state index contributed by atoms with van der Waals surface area (Å²) in [6, 6.07) is 3.86. The Labute approximate surface area is 84.3 Å². The normalized spacial score (nSPS) is 30.6. The fourth-order valence-electron chi connectivity index (χ4n) is 1.99. The van der Waals surface area contributed by atoms with Crippen LogP contribution in [-0.2, 0) is 0 Å². The Morgan fingerprint density at radius 2 is 2.29 bits per heavy atom. The minimum atomic E-state index is 0.222. The lowest BCUT2D eigenvalue weighted by Gasteiger charge is -2.34. The van der Waals surface area contributed by atoms with Gasteiger partial charge in [-0.2, -0.15) is 0 Å². The Morgan fingerprint density at radius 1 is 1.50 bits per heavy atom. The van der Waals surface area contributed by atoms with Gasteiger partial charge in [0.25, 0.3) is 0 Å². The molecule has 2 N–H and O–H groups in total. The van der Waals surface area contributed by atoms with E-state index in [-0.39, 0.29) is 6.10 Å². The number of fused-ring (bicyclic) bond motifs is 1. The number of ether oxygens (including phenoxy) is 1. The van der Waals surface area contributed by atoms with Crippen molar-refractivity contribution in [3.63, 3.8) is 0 Å². The van der Waals surface area contributed by atoms with Gasteiger partial charge < -0.3 is 10.5 Å². The molecule has 0 amide bonds. The average Bonchev–Trinajstić information content (AvgIpc) is 2.20. The van der Waals surface area contributed by atoms with Gasteiger partial charge in [0.15, 0.2) is 0 Å². The highest BCUT2D eigenvalue weighted by Crippen LogP contribution is 2.37. The van der Waals surface area contributed by atoms with Gasteiger partial charge in [0.2, 0.25) is 0 Å². The minimum Gasteiger partial charge on any atom is -0.488 e. The molecule has 3 heteroatoms. The molecule has 0 bridgehead atoms. The first-order valence-corrected chi connectivity index (χ1v) is 5.05. The SMILES string of the molecule is C[C@@H]1[C@H](CN)c2ncccc2O[C@@H]1C. The highest BCUT2D eigenvalue weighted by atomic mass is 16.5. The first-order chi connectivity index (χ1) is 6.74. The Morgan fingerprint density at radius 3 is 3.00 bits per heavy atom. The lowest BCUT2D eigenvalue weighted by Crippen LogP contribution is -2.35. The predicted molar refractivity (Wildman–Crippen MR) is 55.3 cm³/mol. The second kappa shape index (κ2) is 3.58.